The molecule has 7 nitrogen and oxygen atoms in total. The molecule has 2 aromatic carbocycles. The minimum Gasteiger partial charge on any atom is -0.508 e. The second-order valence-electron chi connectivity index (χ2n) is 5.36. The van der Waals surface area contributed by atoms with E-state index in [9.17, 15) is 23.1 Å². The number of amides is 2. The van der Waals surface area contributed by atoms with Gasteiger partial charge in [0, 0.05) is 12.6 Å². The van der Waals surface area contributed by atoms with Crippen molar-refractivity contribution in [1.29, 1.82) is 0 Å². The van der Waals surface area contributed by atoms with Gasteiger partial charge < -0.3 is 9.84 Å². The van der Waals surface area contributed by atoms with Crippen LogP contribution in [-0.2, 0) is 12.8 Å². The number of hydrazine groups is 2. The summed E-state index contributed by atoms with van der Waals surface area (Å²) in [5, 5.41) is 10.8. The molecule has 0 radical (unpaired) electrons. The van der Waals surface area contributed by atoms with Crippen LogP contribution in [0.2, 0.25) is 0 Å². The van der Waals surface area contributed by atoms with E-state index in [0.717, 1.165) is 22.2 Å². The minimum absolute atomic E-state index is 0.224. The molecule has 2 aromatic rings. The Balaban J connectivity index is 2.28. The van der Waals surface area contributed by atoms with Gasteiger partial charge in [0.25, 0.3) is 0 Å². The highest BCUT2D eigenvalue weighted by atomic mass is 19.4. The molecule has 0 heterocycles. The third kappa shape index (κ3) is 4.35. The fourth-order valence-electron chi connectivity index (χ4n) is 2.16. The molecule has 5 N–H and O–H groups in total. The lowest BCUT2D eigenvalue weighted by Crippen LogP contribution is -2.49. The number of alkyl halides is 3. The molecule has 0 aliphatic carbocycles. The van der Waals surface area contributed by atoms with Crippen LogP contribution in [0.5, 0.6) is 11.5 Å². The molecule has 2 rings (SSSR count). The number of carbonyl (C=O) groups excluding carboxylic acids is 1. The maximum atomic E-state index is 13.1. The summed E-state index contributed by atoms with van der Waals surface area (Å²) in [5.41, 5.74) is -0.522. The lowest BCUT2D eigenvalue weighted by molar-refractivity contribution is -0.139. The van der Waals surface area contributed by atoms with Crippen LogP contribution in [0.25, 0.3) is 0 Å². The number of nitrogens with zero attached hydrogens (tertiary/aromatic N) is 2. The van der Waals surface area contributed by atoms with Crippen LogP contribution in [0.4, 0.5) is 23.7 Å². The zero-order valence-corrected chi connectivity index (χ0v) is 13.7. The SMILES string of the molecule is CN(N)C(=O)N(N)c1ccccc1COc1ccc(O)cc1C(F)(F)F. The number of urea groups is 1. The molecular weight excluding hydrogens is 353 g/mol. The Bertz CT molecular complexity index is 797. The van der Waals surface area contributed by atoms with Crippen LogP contribution in [0.1, 0.15) is 11.1 Å². The number of nitrogens with two attached hydrogens (primary N) is 2. The molecule has 0 fully saturated rings. The summed E-state index contributed by atoms with van der Waals surface area (Å²) in [6, 6.07) is 8.21. The van der Waals surface area contributed by atoms with Crippen LogP contribution in [0, 0.1) is 0 Å². The summed E-state index contributed by atoms with van der Waals surface area (Å²) in [5.74, 6) is 10.1. The molecule has 0 aliphatic rings. The third-order valence-corrected chi connectivity index (χ3v) is 3.41. The van der Waals surface area contributed by atoms with Crippen molar-refractivity contribution in [1.82, 2.24) is 5.01 Å². The number of hydrogen-bond donors (Lipinski definition) is 3. The van der Waals surface area contributed by atoms with Crippen molar-refractivity contribution in [2.75, 3.05) is 12.1 Å². The van der Waals surface area contributed by atoms with E-state index in [1.165, 1.54) is 13.1 Å². The van der Waals surface area contributed by atoms with Crippen molar-refractivity contribution >= 4 is 11.7 Å². The zero-order chi connectivity index (χ0) is 19.5. The van der Waals surface area contributed by atoms with Crippen molar-refractivity contribution < 1.29 is 27.8 Å². The van der Waals surface area contributed by atoms with Crippen LogP contribution in [0.15, 0.2) is 42.5 Å². The number of carbonyl (C=O) groups is 1. The quantitative estimate of drug-likeness (QED) is 0.436. The number of benzene rings is 2. The van der Waals surface area contributed by atoms with E-state index in [0.29, 0.717) is 11.6 Å². The topological polar surface area (TPSA) is 105 Å². The molecule has 0 bridgehead atoms. The average Bonchev–Trinajstić information content (AvgIpc) is 2.58. The smallest absolute Gasteiger partial charge is 0.420 e. The fourth-order valence-corrected chi connectivity index (χ4v) is 2.16. The maximum Gasteiger partial charge on any atom is 0.420 e. The number of rotatable bonds is 4. The number of ether oxygens (including phenoxy) is 1. The summed E-state index contributed by atoms with van der Waals surface area (Å²) in [7, 11) is 1.30. The molecule has 26 heavy (non-hydrogen) atoms. The van der Waals surface area contributed by atoms with Gasteiger partial charge in [-0.2, -0.15) is 13.2 Å². The zero-order valence-electron chi connectivity index (χ0n) is 13.7. The molecule has 0 unspecified atom stereocenters. The Labute approximate surface area is 147 Å². The van der Waals surface area contributed by atoms with Crippen molar-refractivity contribution in [3.8, 4) is 11.5 Å². The molecule has 0 spiro atoms. The lowest BCUT2D eigenvalue weighted by atomic mass is 10.1. The van der Waals surface area contributed by atoms with Crippen molar-refractivity contribution in [3.63, 3.8) is 0 Å². The molecule has 0 aliphatic heterocycles. The van der Waals surface area contributed by atoms with E-state index in [1.807, 2.05) is 0 Å². The predicted octanol–water partition coefficient (Wildman–Crippen LogP) is 2.60. The first-order valence-corrected chi connectivity index (χ1v) is 7.29. The van der Waals surface area contributed by atoms with E-state index >= 15 is 0 Å². The average molecular weight is 370 g/mol. The monoisotopic (exact) mass is 370 g/mol. The van der Waals surface area contributed by atoms with Gasteiger partial charge in [0.1, 0.15) is 23.7 Å². The molecular formula is C16H17F3N4O3. The second kappa shape index (κ2) is 7.50. The Morgan fingerprint density at radius 3 is 2.46 bits per heavy atom. The summed E-state index contributed by atoms with van der Waals surface area (Å²) in [4.78, 5) is 11.9. The van der Waals surface area contributed by atoms with Crippen LogP contribution >= 0.6 is 0 Å². The fraction of sp³-hybridized carbons (Fsp3) is 0.188. The van der Waals surface area contributed by atoms with Gasteiger partial charge in [0.15, 0.2) is 0 Å². The Morgan fingerprint density at radius 2 is 1.85 bits per heavy atom. The summed E-state index contributed by atoms with van der Waals surface area (Å²) >= 11 is 0. The van der Waals surface area contributed by atoms with Gasteiger partial charge in [0.05, 0.1) is 5.69 Å². The molecule has 10 heteroatoms. The highest BCUT2D eigenvalue weighted by molar-refractivity contribution is 5.91. The standard InChI is InChI=1S/C16H17F3N4O3/c1-22(20)15(25)23(21)13-5-3-2-4-10(13)9-26-14-7-6-11(24)8-12(14)16(17,18)19/h2-8,24H,9,20-21H2,1H3. The Hall–Kier alpha value is -2.98. The number of para-hydroxylation sites is 1. The van der Waals surface area contributed by atoms with Gasteiger partial charge in [0.2, 0.25) is 0 Å². The van der Waals surface area contributed by atoms with E-state index in [4.69, 9.17) is 16.4 Å². The lowest BCUT2D eigenvalue weighted by Gasteiger charge is -2.23. The van der Waals surface area contributed by atoms with E-state index in [2.05, 4.69) is 0 Å². The molecule has 0 saturated carbocycles. The summed E-state index contributed by atoms with van der Waals surface area (Å²) in [6.07, 6.45) is -4.70. The number of phenols is 1. The number of anilines is 1. The van der Waals surface area contributed by atoms with Crippen LogP contribution in [0.3, 0.4) is 0 Å². The van der Waals surface area contributed by atoms with Crippen LogP contribution < -0.4 is 21.4 Å². The first-order chi connectivity index (χ1) is 12.1. The van der Waals surface area contributed by atoms with E-state index in [1.54, 1.807) is 18.2 Å². The van der Waals surface area contributed by atoms with Crippen molar-refractivity contribution in [3.05, 3.63) is 53.6 Å². The van der Waals surface area contributed by atoms with E-state index in [-0.39, 0.29) is 12.3 Å². The summed E-state index contributed by atoms with van der Waals surface area (Å²) < 4.78 is 44.5. The Kier molecular flexibility index (Phi) is 5.58. The number of halogens is 3. The molecule has 140 valence electrons. The van der Waals surface area contributed by atoms with Gasteiger partial charge in [-0.05, 0) is 24.3 Å². The van der Waals surface area contributed by atoms with Gasteiger partial charge in [-0.1, -0.05) is 18.2 Å². The van der Waals surface area contributed by atoms with Gasteiger partial charge in [-0.3, -0.25) is 5.01 Å². The second-order valence-corrected chi connectivity index (χ2v) is 5.36. The molecule has 0 saturated heterocycles. The number of aromatic hydroxyl groups is 1. The van der Waals surface area contributed by atoms with Crippen molar-refractivity contribution in [2.24, 2.45) is 11.7 Å². The minimum atomic E-state index is -4.70. The Morgan fingerprint density at radius 1 is 1.19 bits per heavy atom. The number of phenolic OH excluding ortho intramolecular Hbond substituents is 1. The van der Waals surface area contributed by atoms with Gasteiger partial charge in [-0.15, -0.1) is 0 Å². The van der Waals surface area contributed by atoms with Gasteiger partial charge >= 0.3 is 12.2 Å². The highest BCUT2D eigenvalue weighted by Crippen LogP contribution is 2.38. The first kappa shape index (κ1) is 19.3. The summed E-state index contributed by atoms with van der Waals surface area (Å²) in [6.45, 7) is -0.292. The highest BCUT2D eigenvalue weighted by Gasteiger charge is 2.35. The molecule has 2 amide bonds. The predicted molar refractivity (Wildman–Crippen MR) is 87.9 cm³/mol. The third-order valence-electron chi connectivity index (χ3n) is 3.41. The normalized spacial score (nSPS) is 11.2. The van der Waals surface area contributed by atoms with Gasteiger partial charge in [-0.25, -0.2) is 21.5 Å². The van der Waals surface area contributed by atoms with Crippen LogP contribution in [-0.4, -0.2) is 23.2 Å². The maximum absolute atomic E-state index is 13.1. The molecule has 0 atom stereocenters. The molecule has 0 aromatic heterocycles. The number of hydrogen-bond acceptors (Lipinski definition) is 5. The largest absolute Gasteiger partial charge is 0.508 e. The van der Waals surface area contributed by atoms with Crippen molar-refractivity contribution in [2.45, 2.75) is 12.8 Å². The first-order valence-electron chi connectivity index (χ1n) is 7.29. The van der Waals surface area contributed by atoms with E-state index < -0.39 is 29.3 Å².